The summed E-state index contributed by atoms with van der Waals surface area (Å²) in [5.41, 5.74) is 0. The van der Waals surface area contributed by atoms with E-state index in [1.165, 1.54) is 11.3 Å². The fourth-order valence-electron chi connectivity index (χ4n) is 2.50. The minimum absolute atomic E-state index is 0.273. The molecular weight excluding hydrogens is 256 g/mol. The SMILES string of the molecule is CNCC1CCCN(C(=O)CSc2ccccc2)C1. The van der Waals surface area contributed by atoms with Crippen molar-refractivity contribution in [2.24, 2.45) is 5.92 Å². The van der Waals surface area contributed by atoms with E-state index in [2.05, 4.69) is 17.4 Å². The van der Waals surface area contributed by atoms with Crippen molar-refractivity contribution in [3.63, 3.8) is 0 Å². The van der Waals surface area contributed by atoms with Crippen molar-refractivity contribution in [1.29, 1.82) is 0 Å². The van der Waals surface area contributed by atoms with Crippen LogP contribution in [-0.2, 0) is 4.79 Å². The van der Waals surface area contributed by atoms with Crippen LogP contribution in [0.1, 0.15) is 12.8 Å². The quantitative estimate of drug-likeness (QED) is 0.838. The molecule has 1 saturated heterocycles. The summed E-state index contributed by atoms with van der Waals surface area (Å²) in [6, 6.07) is 10.1. The zero-order chi connectivity index (χ0) is 13.5. The fourth-order valence-corrected chi connectivity index (χ4v) is 3.32. The van der Waals surface area contributed by atoms with Crippen molar-refractivity contribution in [2.45, 2.75) is 17.7 Å². The summed E-state index contributed by atoms with van der Waals surface area (Å²) in [5, 5.41) is 3.21. The van der Waals surface area contributed by atoms with Crippen LogP contribution in [0.15, 0.2) is 35.2 Å². The molecule has 3 nitrogen and oxygen atoms in total. The molecule has 1 aliphatic heterocycles. The number of amides is 1. The van der Waals surface area contributed by atoms with E-state index in [9.17, 15) is 4.79 Å². The molecule has 0 aliphatic carbocycles. The summed E-state index contributed by atoms with van der Waals surface area (Å²) in [4.78, 5) is 15.4. The molecule has 0 aromatic heterocycles. The van der Waals surface area contributed by atoms with Gasteiger partial charge in [0.2, 0.25) is 5.91 Å². The monoisotopic (exact) mass is 278 g/mol. The van der Waals surface area contributed by atoms with Crippen LogP contribution in [0.3, 0.4) is 0 Å². The maximum Gasteiger partial charge on any atom is 0.232 e. The lowest BCUT2D eigenvalue weighted by molar-refractivity contribution is -0.130. The van der Waals surface area contributed by atoms with E-state index in [1.54, 1.807) is 11.8 Å². The molecule has 1 aromatic carbocycles. The zero-order valence-corrected chi connectivity index (χ0v) is 12.3. The first-order chi connectivity index (χ1) is 9.29. The average Bonchev–Trinajstić information content (AvgIpc) is 2.46. The van der Waals surface area contributed by atoms with Crippen LogP contribution in [0.25, 0.3) is 0 Å². The number of nitrogens with zero attached hydrogens (tertiary/aromatic N) is 1. The van der Waals surface area contributed by atoms with Gasteiger partial charge in [0.05, 0.1) is 5.75 Å². The van der Waals surface area contributed by atoms with Gasteiger partial charge in [-0.3, -0.25) is 4.79 Å². The van der Waals surface area contributed by atoms with Crippen LogP contribution in [0, 0.1) is 5.92 Å². The second-order valence-corrected chi connectivity index (χ2v) is 6.06. The third-order valence-corrected chi connectivity index (χ3v) is 4.47. The van der Waals surface area contributed by atoms with Crippen molar-refractivity contribution in [2.75, 3.05) is 32.4 Å². The minimum Gasteiger partial charge on any atom is -0.342 e. The molecule has 0 bridgehead atoms. The number of thioether (sulfide) groups is 1. The number of nitrogens with one attached hydrogen (secondary N) is 1. The second-order valence-electron chi connectivity index (χ2n) is 5.01. The lowest BCUT2D eigenvalue weighted by Gasteiger charge is -2.32. The first-order valence-electron chi connectivity index (χ1n) is 6.90. The molecule has 1 heterocycles. The van der Waals surface area contributed by atoms with Crippen LogP contribution in [0.4, 0.5) is 0 Å². The van der Waals surface area contributed by atoms with Gasteiger partial charge in [-0.15, -0.1) is 11.8 Å². The van der Waals surface area contributed by atoms with Gasteiger partial charge in [-0.2, -0.15) is 0 Å². The average molecular weight is 278 g/mol. The molecule has 2 rings (SSSR count). The zero-order valence-electron chi connectivity index (χ0n) is 11.5. The van der Waals surface area contributed by atoms with Gasteiger partial charge in [0.25, 0.3) is 0 Å². The number of piperidine rings is 1. The molecule has 0 radical (unpaired) electrons. The van der Waals surface area contributed by atoms with Gasteiger partial charge >= 0.3 is 0 Å². The fraction of sp³-hybridized carbons (Fsp3) is 0.533. The Morgan fingerprint density at radius 2 is 2.21 bits per heavy atom. The number of carbonyl (C=O) groups is 1. The Labute approximate surface area is 119 Å². The van der Waals surface area contributed by atoms with Gasteiger partial charge in [0.15, 0.2) is 0 Å². The third-order valence-electron chi connectivity index (χ3n) is 3.47. The van der Waals surface area contributed by atoms with E-state index in [0.717, 1.165) is 26.1 Å². The Kier molecular flexibility index (Phi) is 5.73. The van der Waals surface area contributed by atoms with Gasteiger partial charge in [-0.1, -0.05) is 18.2 Å². The Morgan fingerprint density at radius 1 is 1.42 bits per heavy atom. The van der Waals surface area contributed by atoms with Crippen LogP contribution in [0.2, 0.25) is 0 Å². The highest BCUT2D eigenvalue weighted by Gasteiger charge is 2.22. The Morgan fingerprint density at radius 3 is 2.95 bits per heavy atom. The molecule has 1 fully saturated rings. The van der Waals surface area contributed by atoms with Gasteiger partial charge in [0, 0.05) is 18.0 Å². The molecule has 1 unspecified atom stereocenters. The van der Waals surface area contributed by atoms with E-state index < -0.39 is 0 Å². The lowest BCUT2D eigenvalue weighted by atomic mass is 9.98. The number of hydrogen-bond acceptors (Lipinski definition) is 3. The normalized spacial score (nSPS) is 19.4. The Balaban J connectivity index is 1.79. The third kappa shape index (κ3) is 4.55. The summed E-state index contributed by atoms with van der Waals surface area (Å²) in [7, 11) is 1.98. The Hall–Kier alpha value is -1.00. The van der Waals surface area contributed by atoms with Crippen LogP contribution < -0.4 is 5.32 Å². The molecule has 1 aromatic rings. The molecule has 0 saturated carbocycles. The second kappa shape index (κ2) is 7.56. The highest BCUT2D eigenvalue weighted by Crippen LogP contribution is 2.20. The number of rotatable bonds is 5. The highest BCUT2D eigenvalue weighted by atomic mass is 32.2. The van der Waals surface area contributed by atoms with Gasteiger partial charge in [-0.05, 0) is 44.5 Å². The smallest absolute Gasteiger partial charge is 0.232 e. The first kappa shape index (κ1) is 14.4. The first-order valence-corrected chi connectivity index (χ1v) is 7.88. The van der Waals surface area contributed by atoms with E-state index in [-0.39, 0.29) is 5.91 Å². The number of hydrogen-bond donors (Lipinski definition) is 1. The largest absolute Gasteiger partial charge is 0.342 e. The van der Waals surface area contributed by atoms with E-state index in [0.29, 0.717) is 11.7 Å². The standard InChI is InChI=1S/C15H22N2OS/c1-16-10-13-6-5-9-17(11-13)15(18)12-19-14-7-3-2-4-8-14/h2-4,7-8,13,16H,5-6,9-12H2,1H3. The van der Waals surface area contributed by atoms with Crippen molar-refractivity contribution >= 4 is 17.7 Å². The molecule has 4 heteroatoms. The molecule has 0 spiro atoms. The molecule has 1 N–H and O–H groups in total. The number of carbonyl (C=O) groups excluding carboxylic acids is 1. The molecule has 104 valence electrons. The van der Waals surface area contributed by atoms with Gasteiger partial charge in [0.1, 0.15) is 0 Å². The molecule has 1 atom stereocenters. The van der Waals surface area contributed by atoms with Gasteiger partial charge < -0.3 is 10.2 Å². The van der Waals surface area contributed by atoms with Crippen LogP contribution in [-0.4, -0.2) is 43.2 Å². The summed E-state index contributed by atoms with van der Waals surface area (Å²) in [5.74, 6) is 1.44. The summed E-state index contributed by atoms with van der Waals surface area (Å²) in [6.07, 6.45) is 2.37. The van der Waals surface area contributed by atoms with Crippen LogP contribution >= 0.6 is 11.8 Å². The predicted molar refractivity (Wildman–Crippen MR) is 80.4 cm³/mol. The number of likely N-dealkylation sites (tertiary alicyclic amines) is 1. The summed E-state index contributed by atoms with van der Waals surface area (Å²) >= 11 is 1.63. The summed E-state index contributed by atoms with van der Waals surface area (Å²) in [6.45, 7) is 2.85. The lowest BCUT2D eigenvalue weighted by Crippen LogP contribution is -2.43. The molecule has 1 aliphatic rings. The van der Waals surface area contributed by atoms with E-state index >= 15 is 0 Å². The predicted octanol–water partition coefficient (Wildman–Crippen LogP) is 2.24. The van der Waals surface area contributed by atoms with Crippen molar-refractivity contribution in [1.82, 2.24) is 10.2 Å². The topological polar surface area (TPSA) is 32.3 Å². The molecule has 1 amide bonds. The van der Waals surface area contributed by atoms with E-state index in [1.807, 2.05) is 30.1 Å². The van der Waals surface area contributed by atoms with Crippen molar-refractivity contribution in [3.05, 3.63) is 30.3 Å². The molecule has 19 heavy (non-hydrogen) atoms. The Bertz CT molecular complexity index is 394. The van der Waals surface area contributed by atoms with Crippen molar-refractivity contribution in [3.8, 4) is 0 Å². The number of benzene rings is 1. The summed E-state index contributed by atoms with van der Waals surface area (Å²) < 4.78 is 0. The molecular formula is C15H22N2OS. The van der Waals surface area contributed by atoms with Crippen molar-refractivity contribution < 1.29 is 4.79 Å². The van der Waals surface area contributed by atoms with E-state index in [4.69, 9.17) is 0 Å². The van der Waals surface area contributed by atoms with Crippen LogP contribution in [0.5, 0.6) is 0 Å². The highest BCUT2D eigenvalue weighted by molar-refractivity contribution is 8.00. The maximum atomic E-state index is 12.2. The van der Waals surface area contributed by atoms with Gasteiger partial charge in [-0.25, -0.2) is 0 Å². The minimum atomic E-state index is 0.273. The maximum absolute atomic E-state index is 12.2.